The Hall–Kier alpha value is -1.65. The number of aryl methyl sites for hydroxylation is 1. The van der Waals surface area contributed by atoms with E-state index in [-0.39, 0.29) is 11.0 Å². The molecular weight excluding hydrogens is 298 g/mol. The Morgan fingerprint density at radius 2 is 1.86 bits per heavy atom. The second-order valence-electron chi connectivity index (χ2n) is 4.94. The van der Waals surface area contributed by atoms with Crippen molar-refractivity contribution in [2.45, 2.75) is 23.4 Å². The van der Waals surface area contributed by atoms with Crippen LogP contribution in [0.25, 0.3) is 10.2 Å². The van der Waals surface area contributed by atoms with Crippen LogP contribution in [0, 0.1) is 6.92 Å². The van der Waals surface area contributed by atoms with Gasteiger partial charge >= 0.3 is 0 Å². The van der Waals surface area contributed by atoms with Crippen LogP contribution in [0.4, 0.5) is 0 Å². The largest absolute Gasteiger partial charge is 0.293 e. The van der Waals surface area contributed by atoms with Crippen LogP contribution in [-0.4, -0.2) is 16.0 Å². The number of carbonyl (C=O) groups is 1. The molecule has 3 aromatic rings. The Bertz CT molecular complexity index is 744. The van der Waals surface area contributed by atoms with Crippen LogP contribution in [0.2, 0.25) is 0 Å². The van der Waals surface area contributed by atoms with Gasteiger partial charge in [-0.1, -0.05) is 53.7 Å². The molecule has 1 atom stereocenters. The first-order valence-corrected chi connectivity index (χ1v) is 8.46. The average molecular weight is 313 g/mol. The fourth-order valence-corrected chi connectivity index (χ4v) is 4.35. The molecule has 0 saturated heterocycles. The predicted octanol–water partition coefficient (Wildman–Crippen LogP) is 4.97. The van der Waals surface area contributed by atoms with Crippen molar-refractivity contribution in [2.75, 3.05) is 0 Å². The molecule has 0 saturated carbocycles. The number of carbonyl (C=O) groups excluding carboxylic acids is 1. The highest BCUT2D eigenvalue weighted by Crippen LogP contribution is 2.32. The molecule has 0 unspecified atom stereocenters. The third kappa shape index (κ3) is 3.17. The Kier molecular flexibility index (Phi) is 4.08. The first kappa shape index (κ1) is 14.3. The summed E-state index contributed by atoms with van der Waals surface area (Å²) in [5.41, 5.74) is 2.93. The van der Waals surface area contributed by atoms with Gasteiger partial charge in [0, 0.05) is 5.56 Å². The zero-order chi connectivity index (χ0) is 14.8. The van der Waals surface area contributed by atoms with Crippen LogP contribution in [0.1, 0.15) is 22.8 Å². The van der Waals surface area contributed by atoms with Crippen molar-refractivity contribution < 1.29 is 4.79 Å². The van der Waals surface area contributed by atoms with Crippen LogP contribution < -0.4 is 0 Å². The van der Waals surface area contributed by atoms with Gasteiger partial charge in [0.05, 0.1) is 15.5 Å². The molecule has 3 rings (SSSR count). The molecule has 106 valence electrons. The summed E-state index contributed by atoms with van der Waals surface area (Å²) in [6, 6.07) is 15.8. The van der Waals surface area contributed by atoms with Gasteiger partial charge in [-0.25, -0.2) is 4.98 Å². The number of rotatable bonds is 4. The smallest absolute Gasteiger partial charge is 0.175 e. The van der Waals surface area contributed by atoms with E-state index in [4.69, 9.17) is 0 Å². The molecule has 0 bridgehead atoms. The van der Waals surface area contributed by atoms with Gasteiger partial charge in [0.25, 0.3) is 0 Å². The van der Waals surface area contributed by atoms with Crippen molar-refractivity contribution in [3.63, 3.8) is 0 Å². The maximum atomic E-state index is 12.4. The van der Waals surface area contributed by atoms with E-state index in [0.717, 1.165) is 25.7 Å². The highest BCUT2D eigenvalue weighted by Gasteiger charge is 2.18. The SMILES string of the molecule is Cc1ccc(C(=O)[C@@H](C)Sc2nc3ccccc3s2)cc1. The van der Waals surface area contributed by atoms with Crippen LogP contribution in [-0.2, 0) is 0 Å². The fraction of sp³-hybridized carbons (Fsp3) is 0.176. The Morgan fingerprint density at radius 3 is 2.57 bits per heavy atom. The van der Waals surface area contributed by atoms with Gasteiger partial charge in [0.15, 0.2) is 10.1 Å². The lowest BCUT2D eigenvalue weighted by atomic mass is 10.1. The van der Waals surface area contributed by atoms with Crippen molar-refractivity contribution in [1.82, 2.24) is 4.98 Å². The highest BCUT2D eigenvalue weighted by atomic mass is 32.2. The second-order valence-corrected chi connectivity index (χ2v) is 7.56. The quantitative estimate of drug-likeness (QED) is 0.503. The highest BCUT2D eigenvalue weighted by molar-refractivity contribution is 8.02. The van der Waals surface area contributed by atoms with E-state index in [0.29, 0.717) is 0 Å². The number of nitrogens with zero attached hydrogens (tertiary/aromatic N) is 1. The molecular formula is C17H15NOS2. The van der Waals surface area contributed by atoms with E-state index in [1.165, 1.54) is 11.8 Å². The van der Waals surface area contributed by atoms with Crippen LogP contribution >= 0.6 is 23.1 Å². The van der Waals surface area contributed by atoms with Crippen LogP contribution in [0.15, 0.2) is 52.9 Å². The van der Waals surface area contributed by atoms with Crippen LogP contribution in [0.5, 0.6) is 0 Å². The molecule has 2 nitrogen and oxygen atoms in total. The number of hydrogen-bond acceptors (Lipinski definition) is 4. The molecule has 0 radical (unpaired) electrons. The molecule has 0 spiro atoms. The van der Waals surface area contributed by atoms with E-state index in [1.807, 2.05) is 56.3 Å². The second kappa shape index (κ2) is 6.00. The van der Waals surface area contributed by atoms with Crippen molar-refractivity contribution in [3.05, 3.63) is 59.7 Å². The average Bonchev–Trinajstić information content (AvgIpc) is 2.89. The number of aromatic nitrogens is 1. The molecule has 2 aromatic carbocycles. The molecule has 1 heterocycles. The van der Waals surface area contributed by atoms with Crippen molar-refractivity contribution in [2.24, 2.45) is 0 Å². The van der Waals surface area contributed by atoms with Gasteiger partial charge < -0.3 is 0 Å². The zero-order valence-corrected chi connectivity index (χ0v) is 13.5. The Balaban J connectivity index is 1.77. The van der Waals surface area contributed by atoms with Crippen molar-refractivity contribution >= 4 is 39.1 Å². The summed E-state index contributed by atoms with van der Waals surface area (Å²) in [6.07, 6.45) is 0. The van der Waals surface area contributed by atoms with Gasteiger partial charge in [0.2, 0.25) is 0 Å². The number of Topliss-reactive ketones (excluding diaryl/α,β-unsaturated/α-hetero) is 1. The monoisotopic (exact) mass is 313 g/mol. The van der Waals surface area contributed by atoms with E-state index in [9.17, 15) is 4.79 Å². The number of thioether (sulfide) groups is 1. The third-order valence-corrected chi connectivity index (χ3v) is 5.49. The number of thiazole rings is 1. The van der Waals surface area contributed by atoms with E-state index in [2.05, 4.69) is 11.1 Å². The first-order chi connectivity index (χ1) is 10.1. The zero-order valence-electron chi connectivity index (χ0n) is 11.9. The van der Waals surface area contributed by atoms with Gasteiger partial charge in [-0.3, -0.25) is 4.79 Å². The normalized spacial score (nSPS) is 12.5. The lowest BCUT2D eigenvalue weighted by Crippen LogP contribution is -2.13. The van der Waals surface area contributed by atoms with E-state index >= 15 is 0 Å². The molecule has 4 heteroatoms. The Labute approximate surface area is 132 Å². The molecule has 0 amide bonds. The van der Waals surface area contributed by atoms with Gasteiger partial charge in [0.1, 0.15) is 0 Å². The molecule has 0 N–H and O–H groups in total. The molecule has 0 aliphatic heterocycles. The standard InChI is InChI=1S/C17H15NOS2/c1-11-7-9-13(10-8-11)16(19)12(2)20-17-18-14-5-3-4-6-15(14)21-17/h3-10,12H,1-2H3/t12-/m1/s1. The number of benzene rings is 2. The fourth-order valence-electron chi connectivity index (χ4n) is 2.06. The minimum atomic E-state index is -0.131. The van der Waals surface area contributed by atoms with E-state index < -0.39 is 0 Å². The topological polar surface area (TPSA) is 30.0 Å². The molecule has 21 heavy (non-hydrogen) atoms. The molecule has 0 aliphatic rings. The summed E-state index contributed by atoms with van der Waals surface area (Å²) >= 11 is 3.17. The molecule has 0 aliphatic carbocycles. The lowest BCUT2D eigenvalue weighted by Gasteiger charge is -2.08. The van der Waals surface area contributed by atoms with Crippen molar-refractivity contribution in [1.29, 1.82) is 0 Å². The minimum Gasteiger partial charge on any atom is -0.293 e. The van der Waals surface area contributed by atoms with Crippen molar-refractivity contribution in [3.8, 4) is 0 Å². The summed E-state index contributed by atoms with van der Waals surface area (Å²) in [4.78, 5) is 17.0. The lowest BCUT2D eigenvalue weighted by molar-refractivity contribution is 0.0994. The first-order valence-electron chi connectivity index (χ1n) is 6.76. The maximum absolute atomic E-state index is 12.4. The molecule has 1 aromatic heterocycles. The van der Waals surface area contributed by atoms with Gasteiger partial charge in [-0.15, -0.1) is 11.3 Å². The summed E-state index contributed by atoms with van der Waals surface area (Å²) in [5, 5.41) is -0.131. The van der Waals surface area contributed by atoms with Crippen LogP contribution in [0.3, 0.4) is 0 Å². The predicted molar refractivity (Wildman–Crippen MR) is 90.4 cm³/mol. The molecule has 0 fully saturated rings. The minimum absolute atomic E-state index is 0.131. The third-order valence-electron chi connectivity index (χ3n) is 3.26. The van der Waals surface area contributed by atoms with Gasteiger partial charge in [-0.05, 0) is 26.0 Å². The number of fused-ring (bicyclic) bond motifs is 1. The van der Waals surface area contributed by atoms with E-state index in [1.54, 1.807) is 11.3 Å². The van der Waals surface area contributed by atoms with Gasteiger partial charge in [-0.2, -0.15) is 0 Å². The summed E-state index contributed by atoms with van der Waals surface area (Å²) < 4.78 is 2.11. The summed E-state index contributed by atoms with van der Waals surface area (Å²) in [7, 11) is 0. The number of hydrogen-bond donors (Lipinski definition) is 0. The Morgan fingerprint density at radius 1 is 1.14 bits per heavy atom. The summed E-state index contributed by atoms with van der Waals surface area (Å²) in [5.74, 6) is 0.152. The summed E-state index contributed by atoms with van der Waals surface area (Å²) in [6.45, 7) is 3.96. The number of ketones is 1. The number of para-hydroxylation sites is 1. The maximum Gasteiger partial charge on any atom is 0.175 e.